The monoisotopic (exact) mass is 181 g/mol. The van der Waals surface area contributed by atoms with Crippen LogP contribution < -0.4 is 5.43 Å². The van der Waals surface area contributed by atoms with Crippen LogP contribution in [0.25, 0.3) is 0 Å². The van der Waals surface area contributed by atoms with Crippen molar-refractivity contribution in [1.82, 2.24) is 10.4 Å². The molecule has 3 amide bonds. The van der Waals surface area contributed by atoms with Crippen LogP contribution in [-0.2, 0) is 9.59 Å². The quantitative estimate of drug-likeness (QED) is 0.428. The zero-order valence-corrected chi connectivity index (χ0v) is 7.12. The molecule has 6 heteroatoms. The Bertz CT molecular complexity index is 352. The van der Waals surface area contributed by atoms with Crippen molar-refractivity contribution in [1.29, 1.82) is 0 Å². The van der Waals surface area contributed by atoms with E-state index in [4.69, 9.17) is 0 Å². The van der Waals surface area contributed by atoms with E-state index in [1.165, 1.54) is 19.9 Å². The van der Waals surface area contributed by atoms with Crippen LogP contribution in [0.2, 0.25) is 0 Å². The fourth-order valence-corrected chi connectivity index (χ4v) is 0.917. The van der Waals surface area contributed by atoms with Crippen molar-refractivity contribution >= 4 is 23.6 Å². The van der Waals surface area contributed by atoms with Gasteiger partial charge in [-0.25, -0.2) is 15.0 Å². The summed E-state index contributed by atoms with van der Waals surface area (Å²) in [5.41, 5.74) is 2.18. The largest absolute Gasteiger partial charge is 0.365 e. The summed E-state index contributed by atoms with van der Waals surface area (Å²) >= 11 is 0. The molecule has 1 aliphatic rings. The molecule has 0 aromatic carbocycles. The number of urea groups is 1. The summed E-state index contributed by atoms with van der Waals surface area (Å²) in [6.45, 7) is 1.41. The van der Waals surface area contributed by atoms with Crippen LogP contribution in [0.15, 0.2) is 10.6 Å². The predicted octanol–water partition coefficient (Wildman–Crippen LogP) is -0.698. The highest BCUT2D eigenvalue weighted by molar-refractivity contribution is 6.32. The van der Waals surface area contributed by atoms with Gasteiger partial charge in [0.1, 0.15) is 11.5 Å². The Labute approximate surface area is 73.9 Å². The first-order valence-electron chi connectivity index (χ1n) is 3.48. The normalized spacial score (nSPS) is 17.2. The average molecular weight is 181 g/mol. The minimum atomic E-state index is -0.732. The van der Waals surface area contributed by atoms with E-state index in [0.29, 0.717) is 5.01 Å². The van der Waals surface area contributed by atoms with Gasteiger partial charge in [-0.15, -0.1) is 0 Å². The van der Waals surface area contributed by atoms with E-state index in [2.05, 4.69) is 10.4 Å². The standard InChI is InChI=1S/C7H7N3O3/c1-4-5(3-11)6(12)10(8-2)7(13)9-4/h8H,1-2H3. The number of amides is 3. The van der Waals surface area contributed by atoms with Gasteiger partial charge in [0.15, 0.2) is 0 Å². The smallest absolute Gasteiger partial charge is 0.266 e. The SMILES string of the molecule is CNN1C(=O)N=C(C)C(=C=O)C1=O. The molecule has 0 aromatic rings. The van der Waals surface area contributed by atoms with Crippen LogP contribution in [0.3, 0.4) is 0 Å². The van der Waals surface area contributed by atoms with E-state index in [-0.39, 0.29) is 11.3 Å². The number of imide groups is 1. The lowest BCUT2D eigenvalue weighted by molar-refractivity contribution is -0.125. The number of carbonyl (C=O) groups excluding carboxylic acids is 3. The van der Waals surface area contributed by atoms with E-state index >= 15 is 0 Å². The van der Waals surface area contributed by atoms with Gasteiger partial charge in [-0.2, -0.15) is 10.0 Å². The highest BCUT2D eigenvalue weighted by Crippen LogP contribution is 2.08. The van der Waals surface area contributed by atoms with Gasteiger partial charge in [-0.1, -0.05) is 0 Å². The van der Waals surface area contributed by atoms with Gasteiger partial charge in [0.05, 0.1) is 5.71 Å². The second-order valence-corrected chi connectivity index (χ2v) is 2.32. The van der Waals surface area contributed by atoms with Crippen LogP contribution >= 0.6 is 0 Å². The second kappa shape index (κ2) is 3.30. The van der Waals surface area contributed by atoms with Gasteiger partial charge < -0.3 is 0 Å². The molecule has 1 N–H and O–H groups in total. The van der Waals surface area contributed by atoms with Gasteiger partial charge in [0, 0.05) is 7.05 Å². The van der Waals surface area contributed by atoms with Crippen molar-refractivity contribution in [3.05, 3.63) is 5.57 Å². The summed E-state index contributed by atoms with van der Waals surface area (Å²) in [5.74, 6) is 0.714. The molecule has 0 aromatic heterocycles. The van der Waals surface area contributed by atoms with Gasteiger partial charge in [0.2, 0.25) is 0 Å². The van der Waals surface area contributed by atoms with Crippen LogP contribution in [0.5, 0.6) is 0 Å². The molecule has 0 aliphatic carbocycles. The molecule has 0 saturated carbocycles. The molecule has 0 fully saturated rings. The summed E-state index contributed by atoms with van der Waals surface area (Å²) in [4.78, 5) is 36.1. The molecule has 13 heavy (non-hydrogen) atoms. The second-order valence-electron chi connectivity index (χ2n) is 2.32. The molecule has 1 rings (SSSR count). The highest BCUT2D eigenvalue weighted by Gasteiger charge is 2.31. The summed E-state index contributed by atoms with van der Waals surface area (Å²) in [5, 5.41) is 0.646. The molecule has 0 spiro atoms. The Kier molecular flexibility index (Phi) is 2.36. The third-order valence-electron chi connectivity index (χ3n) is 1.56. The molecule has 0 atom stereocenters. The summed E-state index contributed by atoms with van der Waals surface area (Å²) in [6, 6.07) is -0.732. The first-order valence-corrected chi connectivity index (χ1v) is 3.48. The Morgan fingerprint density at radius 3 is 2.54 bits per heavy atom. The molecule has 1 heterocycles. The minimum Gasteiger partial charge on any atom is -0.266 e. The lowest BCUT2D eigenvalue weighted by atomic mass is 10.1. The molecule has 0 bridgehead atoms. The Hall–Kier alpha value is -1.78. The number of nitrogens with zero attached hydrogens (tertiary/aromatic N) is 2. The van der Waals surface area contributed by atoms with Crippen molar-refractivity contribution in [3.8, 4) is 0 Å². The van der Waals surface area contributed by atoms with Crippen LogP contribution in [0.4, 0.5) is 4.79 Å². The summed E-state index contributed by atoms with van der Waals surface area (Å²) in [7, 11) is 1.38. The maximum absolute atomic E-state index is 11.3. The number of carbonyl (C=O) groups is 2. The first-order chi connectivity index (χ1) is 6.11. The number of hydrogen-bond donors (Lipinski definition) is 1. The molecule has 1 aliphatic heterocycles. The number of hydrogen-bond acceptors (Lipinski definition) is 4. The third kappa shape index (κ3) is 1.40. The predicted molar refractivity (Wildman–Crippen MR) is 43.6 cm³/mol. The van der Waals surface area contributed by atoms with Crippen molar-refractivity contribution in [3.63, 3.8) is 0 Å². The molecule has 68 valence electrons. The van der Waals surface area contributed by atoms with Crippen molar-refractivity contribution in [2.24, 2.45) is 4.99 Å². The van der Waals surface area contributed by atoms with E-state index in [1.807, 2.05) is 0 Å². The highest BCUT2D eigenvalue weighted by atomic mass is 16.2. The fraction of sp³-hybridized carbons (Fsp3) is 0.286. The Balaban J connectivity index is 3.22. The molecular weight excluding hydrogens is 174 g/mol. The van der Waals surface area contributed by atoms with Crippen LogP contribution in [0, 0.1) is 0 Å². The lowest BCUT2D eigenvalue weighted by Gasteiger charge is -2.20. The van der Waals surface area contributed by atoms with Gasteiger partial charge in [-0.3, -0.25) is 4.79 Å². The number of hydrazine groups is 1. The van der Waals surface area contributed by atoms with Crippen molar-refractivity contribution < 1.29 is 14.4 Å². The lowest BCUT2D eigenvalue weighted by Crippen LogP contribution is -2.48. The van der Waals surface area contributed by atoms with Gasteiger partial charge in [-0.05, 0) is 6.92 Å². The average Bonchev–Trinajstić information content (AvgIpc) is 2.04. The topological polar surface area (TPSA) is 78.8 Å². The first kappa shape index (κ1) is 9.31. The molecule has 6 nitrogen and oxygen atoms in total. The van der Waals surface area contributed by atoms with Gasteiger partial charge in [0.25, 0.3) is 5.91 Å². The fourth-order valence-electron chi connectivity index (χ4n) is 0.917. The Morgan fingerprint density at radius 1 is 1.46 bits per heavy atom. The van der Waals surface area contributed by atoms with E-state index in [1.54, 1.807) is 0 Å². The van der Waals surface area contributed by atoms with E-state index in [0.717, 1.165) is 0 Å². The molecule has 0 unspecified atom stereocenters. The third-order valence-corrected chi connectivity index (χ3v) is 1.56. The van der Waals surface area contributed by atoms with Crippen molar-refractivity contribution in [2.75, 3.05) is 7.05 Å². The Morgan fingerprint density at radius 2 is 2.08 bits per heavy atom. The summed E-state index contributed by atoms with van der Waals surface area (Å²) < 4.78 is 0. The number of nitrogens with one attached hydrogen (secondary N) is 1. The maximum Gasteiger partial charge on any atom is 0.365 e. The number of aliphatic imine (C=N–C) groups is 1. The maximum atomic E-state index is 11.3. The molecule has 0 radical (unpaired) electrons. The zero-order valence-electron chi connectivity index (χ0n) is 7.12. The van der Waals surface area contributed by atoms with Crippen LogP contribution in [-0.4, -0.2) is 35.6 Å². The summed E-state index contributed by atoms with van der Waals surface area (Å²) in [6.07, 6.45) is 0. The van der Waals surface area contributed by atoms with Gasteiger partial charge >= 0.3 is 6.03 Å². The number of rotatable bonds is 1. The molecular formula is C7H7N3O3. The minimum absolute atomic E-state index is 0.0940. The zero-order chi connectivity index (χ0) is 10.0. The van der Waals surface area contributed by atoms with Crippen LogP contribution in [0.1, 0.15) is 6.92 Å². The van der Waals surface area contributed by atoms with Crippen molar-refractivity contribution in [2.45, 2.75) is 6.92 Å². The van der Waals surface area contributed by atoms with E-state index < -0.39 is 11.9 Å². The molecule has 0 saturated heterocycles. The van der Waals surface area contributed by atoms with E-state index in [9.17, 15) is 14.4 Å².